The minimum Gasteiger partial charge on any atom is -0.281 e. The van der Waals surface area contributed by atoms with Crippen LogP contribution in [-0.2, 0) is 4.79 Å². The Morgan fingerprint density at radius 1 is 1.80 bits per heavy atom. The highest BCUT2D eigenvalue weighted by atomic mass is 16.1. The Hall–Kier alpha value is -0.590. The van der Waals surface area contributed by atoms with Gasteiger partial charge in [-0.3, -0.25) is 4.79 Å². The minimum absolute atomic E-state index is 1.75. The van der Waals surface area contributed by atoms with Crippen molar-refractivity contribution in [1.29, 1.82) is 0 Å². The molecule has 28 valence electrons. The molecule has 0 aliphatic carbocycles. The first kappa shape index (κ1) is 8.83. The van der Waals surface area contributed by atoms with Crippen LogP contribution in [0, 0.1) is 0 Å². The minimum atomic E-state index is 1.75. The van der Waals surface area contributed by atoms with Gasteiger partial charge in [-0.1, -0.05) is 6.08 Å². The van der Waals surface area contributed by atoms with Crippen molar-refractivity contribution < 1.29 is 4.79 Å². The Labute approximate surface area is 32.3 Å². The maximum Gasteiger partial charge on any atom is 0.281 e. The summed E-state index contributed by atoms with van der Waals surface area (Å²) in [6, 6.07) is 0. The molecule has 0 aliphatic rings. The molecule has 0 saturated heterocycles. The van der Waals surface area contributed by atoms with Gasteiger partial charge in [0.05, 0.1) is 0 Å². The quantitative estimate of drug-likeness (QED) is 0.385. The summed E-state index contributed by atoms with van der Waals surface area (Å²) in [6.07, 6.45) is 1.75. The monoisotopic (exact) mass is 70.0 g/mol. The fraction of sp³-hybridized carbons (Fsp3) is 0.250. The van der Waals surface area contributed by atoms with Gasteiger partial charge in [-0.05, 0) is 6.92 Å². The Kier molecular flexibility index (Phi) is 208. The first-order valence-corrected chi connectivity index (χ1v) is 1.19. The summed E-state index contributed by atoms with van der Waals surface area (Å²) in [5.74, 6) is 0. The first-order valence-electron chi connectivity index (χ1n) is 1.19. The molecular weight excluding hydrogens is 64.0 g/mol. The predicted octanol–water partition coefficient (Wildman–Crippen LogP) is 0.795. The Bertz CT molecular complexity index is 17.6. The maximum absolute atomic E-state index is 7.50. The Morgan fingerprint density at radius 3 is 1.80 bits per heavy atom. The molecule has 0 aliphatic heterocycles. The molecule has 1 nitrogen and oxygen atoms in total. The van der Waals surface area contributed by atoms with E-state index in [1.165, 1.54) is 0 Å². The van der Waals surface area contributed by atoms with Crippen LogP contribution >= 0.6 is 0 Å². The van der Waals surface area contributed by atoms with E-state index < -0.39 is 0 Å². The van der Waals surface area contributed by atoms with Gasteiger partial charge in [0.25, 0.3) is 6.79 Å². The maximum atomic E-state index is 7.50. The highest BCUT2D eigenvalue weighted by molar-refractivity contribution is 5.12. The van der Waals surface area contributed by atoms with Crippen molar-refractivity contribution in [3.63, 3.8) is 0 Å². The van der Waals surface area contributed by atoms with Crippen LogP contribution in [0.2, 0.25) is 0 Å². The lowest BCUT2D eigenvalue weighted by Gasteiger charge is -1.31. The summed E-state index contributed by atoms with van der Waals surface area (Å²) in [5.41, 5.74) is 0. The van der Waals surface area contributed by atoms with Crippen molar-refractivity contribution in [1.82, 2.24) is 0 Å². The van der Waals surface area contributed by atoms with Gasteiger partial charge < -0.3 is 0 Å². The lowest BCUT2D eigenvalue weighted by molar-refractivity contribution is 0.574. The van der Waals surface area contributed by atoms with Crippen molar-refractivity contribution >= 4 is 6.79 Å². The Morgan fingerprint density at radius 2 is 1.80 bits per heavy atom. The molecule has 0 unspecified atom stereocenters. The fourth-order valence-corrected chi connectivity index (χ4v) is 0. The fourth-order valence-electron chi connectivity index (χ4n) is 0. The van der Waals surface area contributed by atoms with Crippen LogP contribution in [0.1, 0.15) is 6.92 Å². The van der Waals surface area contributed by atoms with Crippen LogP contribution in [0.4, 0.5) is 0 Å². The summed E-state index contributed by atoms with van der Waals surface area (Å²) in [6.45, 7) is 9.75. The van der Waals surface area contributed by atoms with E-state index in [0.29, 0.717) is 0 Å². The van der Waals surface area contributed by atoms with Gasteiger partial charge in [-0.25, -0.2) is 0 Å². The number of allylic oxidation sites excluding steroid dienone is 1. The van der Waals surface area contributed by atoms with E-state index in [1.807, 2.05) is 6.92 Å². The number of carbonyl (C=O) groups excluding carboxylic acids is 1. The highest BCUT2D eigenvalue weighted by Gasteiger charge is 1.15. The third-order valence-corrected chi connectivity index (χ3v) is 0. The van der Waals surface area contributed by atoms with E-state index in [1.54, 1.807) is 6.08 Å². The zero-order valence-corrected chi connectivity index (χ0v) is 3.19. The second kappa shape index (κ2) is 118. The van der Waals surface area contributed by atoms with Gasteiger partial charge in [0.1, 0.15) is 0 Å². The van der Waals surface area contributed by atoms with Crippen molar-refractivity contribution in [3.8, 4) is 0 Å². The lowest BCUT2D eigenvalue weighted by atomic mass is 10.8. The summed E-state index contributed by atoms with van der Waals surface area (Å²) < 4.78 is 0. The molecule has 0 heterocycles. The molecular formula is C4H6O. The van der Waals surface area contributed by atoms with Crippen molar-refractivity contribution in [2.45, 2.75) is 6.92 Å². The molecule has 0 bridgehead atoms. The molecule has 1 heteroatoms. The van der Waals surface area contributed by atoms with Crippen molar-refractivity contribution in [2.75, 3.05) is 0 Å². The van der Waals surface area contributed by atoms with Crippen molar-refractivity contribution in [3.05, 3.63) is 12.7 Å². The smallest absolute Gasteiger partial charge is 0.281 e. The third-order valence-electron chi connectivity index (χ3n) is 0. The van der Waals surface area contributed by atoms with Gasteiger partial charge >= 0.3 is 0 Å². The van der Waals surface area contributed by atoms with Crippen LogP contribution in [0.3, 0.4) is 0 Å². The second-order valence-electron chi connectivity index (χ2n) is 0.408. The van der Waals surface area contributed by atoms with E-state index in [0.717, 1.165) is 0 Å². The van der Waals surface area contributed by atoms with E-state index in [-0.39, 0.29) is 0 Å². The number of hydrogen-bond acceptors (Lipinski definition) is 1. The second-order valence-corrected chi connectivity index (χ2v) is 0.408. The summed E-state index contributed by atoms with van der Waals surface area (Å²) in [4.78, 5) is 7.50. The van der Waals surface area contributed by atoms with Gasteiger partial charge in [-0.15, -0.1) is 6.58 Å². The van der Waals surface area contributed by atoms with Gasteiger partial charge in [-0.2, -0.15) is 0 Å². The number of hydrogen-bond donors (Lipinski definition) is 0. The predicted molar refractivity (Wildman–Crippen MR) is 21.6 cm³/mol. The molecule has 0 atom stereocenters. The molecule has 0 fully saturated rings. The zero-order valence-electron chi connectivity index (χ0n) is 3.19. The molecule has 5 heavy (non-hydrogen) atoms. The first-order chi connectivity index (χ1) is 2.41. The Balaban J connectivity index is 0. The van der Waals surface area contributed by atoms with Crippen LogP contribution in [0.25, 0.3) is 0 Å². The molecule has 0 aromatic rings. The van der Waals surface area contributed by atoms with Gasteiger partial charge in [0, 0.05) is 0 Å². The molecule has 0 spiro atoms. The molecule has 0 N–H and O–H groups in total. The summed E-state index contributed by atoms with van der Waals surface area (Å²) in [7, 11) is 0. The SMILES string of the molecule is C=CC.[C]=O. The topological polar surface area (TPSA) is 17.1 Å². The molecule has 0 saturated carbocycles. The van der Waals surface area contributed by atoms with Crippen LogP contribution in [0.15, 0.2) is 12.7 Å². The van der Waals surface area contributed by atoms with Crippen molar-refractivity contribution in [2.24, 2.45) is 0 Å². The van der Waals surface area contributed by atoms with Crippen LogP contribution in [-0.4, -0.2) is 6.79 Å². The zero-order chi connectivity index (χ0) is 4.71. The normalized spacial score (nSPS) is 3.40. The average Bonchev–Trinajstić information content (AvgIpc) is 1.46. The summed E-state index contributed by atoms with van der Waals surface area (Å²) in [5, 5.41) is 0. The van der Waals surface area contributed by atoms with E-state index in [2.05, 4.69) is 13.4 Å². The van der Waals surface area contributed by atoms with E-state index in [9.17, 15) is 0 Å². The average molecular weight is 70.1 g/mol. The van der Waals surface area contributed by atoms with Crippen LogP contribution < -0.4 is 0 Å². The van der Waals surface area contributed by atoms with E-state index >= 15 is 0 Å². The van der Waals surface area contributed by atoms with Gasteiger partial charge in [0.15, 0.2) is 0 Å². The molecule has 0 rings (SSSR count). The molecule has 2 radical (unpaired) electrons. The molecule has 0 amide bonds. The third kappa shape index (κ3) is 19.5. The molecule has 0 aromatic carbocycles. The lowest BCUT2D eigenvalue weighted by Crippen LogP contribution is -1.07. The van der Waals surface area contributed by atoms with Crippen LogP contribution in [0.5, 0.6) is 0 Å². The molecule has 0 aromatic heterocycles. The highest BCUT2D eigenvalue weighted by Crippen LogP contribution is 1.38. The summed E-state index contributed by atoms with van der Waals surface area (Å²) >= 11 is 0. The largest absolute Gasteiger partial charge is 0.281 e. The number of rotatable bonds is 0. The standard InChI is InChI=1S/C3H6.CO/c1-3-2;1-2/h3H,1H2,2H3;. The van der Waals surface area contributed by atoms with E-state index in [4.69, 9.17) is 4.79 Å². The van der Waals surface area contributed by atoms with Gasteiger partial charge in [0.2, 0.25) is 0 Å².